The average molecular weight is 941 g/mol. The number of likely N-dealkylation sites (N-methyl/N-ethyl adjacent to an activating group) is 2. The second kappa shape index (κ2) is 25.0. The van der Waals surface area contributed by atoms with Crippen LogP contribution in [0.2, 0.25) is 0 Å². The third-order valence-corrected chi connectivity index (χ3v) is 15.6. The molecule has 2 aromatic rings. The molecule has 68 heavy (non-hydrogen) atoms. The lowest BCUT2D eigenvalue weighted by Crippen LogP contribution is -2.54. The monoisotopic (exact) mass is 941 g/mol. The number of aliphatic hydroxyl groups excluding tert-OH is 2. The lowest BCUT2D eigenvalue weighted by Gasteiger charge is -2.45. The van der Waals surface area contributed by atoms with E-state index in [4.69, 9.17) is 9.57 Å². The summed E-state index contributed by atoms with van der Waals surface area (Å²) in [6.07, 6.45) is 17.8. The number of amides is 2. The minimum atomic E-state index is -0.753. The molecule has 3 unspecified atom stereocenters. The first-order valence-corrected chi connectivity index (χ1v) is 26.0. The Morgan fingerprint density at radius 1 is 1.00 bits per heavy atom. The Morgan fingerprint density at radius 2 is 1.74 bits per heavy atom. The van der Waals surface area contributed by atoms with Gasteiger partial charge in [-0.05, 0) is 133 Å². The van der Waals surface area contributed by atoms with Crippen LogP contribution in [0.5, 0.6) is 5.75 Å². The second-order valence-electron chi connectivity index (χ2n) is 22.4. The van der Waals surface area contributed by atoms with Gasteiger partial charge in [0.25, 0.3) is 5.91 Å². The van der Waals surface area contributed by atoms with Gasteiger partial charge in [0, 0.05) is 60.4 Å². The van der Waals surface area contributed by atoms with E-state index in [1.807, 2.05) is 44.4 Å². The smallest absolute Gasteiger partial charge is 0.251 e. The van der Waals surface area contributed by atoms with Gasteiger partial charge in [0.2, 0.25) is 5.91 Å². The average Bonchev–Trinajstić information content (AvgIpc) is 3.62. The lowest BCUT2D eigenvalue weighted by molar-refractivity contribution is -0.182. The second-order valence-corrected chi connectivity index (χ2v) is 22.4. The number of methoxy groups -OCH3 is 1. The molecule has 6 rings (SSSR count). The predicted octanol–water partition coefficient (Wildman–Crippen LogP) is 8.12. The summed E-state index contributed by atoms with van der Waals surface area (Å²) in [6, 6.07) is 11.7. The number of carbonyl (C=O) groups is 2. The van der Waals surface area contributed by atoms with E-state index in [9.17, 15) is 19.8 Å². The van der Waals surface area contributed by atoms with Gasteiger partial charge in [-0.3, -0.25) is 14.4 Å². The summed E-state index contributed by atoms with van der Waals surface area (Å²) in [5, 5.41) is 33.8. The molecule has 0 aromatic heterocycles. The molecule has 1 heterocycles. The van der Waals surface area contributed by atoms with Gasteiger partial charge in [-0.1, -0.05) is 102 Å². The summed E-state index contributed by atoms with van der Waals surface area (Å²) < 4.78 is 6.30. The van der Waals surface area contributed by atoms with Crippen LogP contribution in [0.25, 0.3) is 11.1 Å². The van der Waals surface area contributed by atoms with E-state index in [0.717, 1.165) is 73.2 Å². The van der Waals surface area contributed by atoms with Gasteiger partial charge in [-0.25, -0.2) is 0 Å². The van der Waals surface area contributed by atoms with E-state index in [1.165, 1.54) is 37.7 Å². The highest BCUT2D eigenvalue weighted by molar-refractivity contribution is 5.96. The topological polar surface area (TPSA) is 139 Å². The Kier molecular flexibility index (Phi) is 19.7. The van der Waals surface area contributed by atoms with Crippen molar-refractivity contribution in [3.63, 3.8) is 0 Å². The number of nitrogens with zero attached hydrogens (tertiary/aromatic N) is 3. The number of nitrogens with one attached hydrogen (secondary N) is 3. The predicted molar refractivity (Wildman–Crippen MR) is 274 cm³/mol. The van der Waals surface area contributed by atoms with Gasteiger partial charge in [0.15, 0.2) is 0 Å². The first kappa shape index (κ1) is 53.7. The van der Waals surface area contributed by atoms with Gasteiger partial charge in [-0.2, -0.15) is 5.06 Å². The number of allylic oxidation sites excluding steroid dienone is 3. The lowest BCUT2D eigenvalue weighted by atomic mass is 9.64. The fourth-order valence-electron chi connectivity index (χ4n) is 11.8. The van der Waals surface area contributed by atoms with Crippen LogP contribution in [-0.4, -0.2) is 128 Å². The maximum absolute atomic E-state index is 14.6. The molecule has 1 saturated heterocycles. The molecule has 0 radical (unpaired) electrons. The molecule has 2 saturated carbocycles. The van der Waals surface area contributed by atoms with Crippen molar-refractivity contribution >= 4 is 11.8 Å². The molecule has 12 heteroatoms. The van der Waals surface area contributed by atoms with Crippen LogP contribution in [0.4, 0.5) is 0 Å². The third kappa shape index (κ3) is 14.7. The van der Waals surface area contributed by atoms with E-state index < -0.39 is 24.2 Å². The van der Waals surface area contributed by atoms with Crippen molar-refractivity contribution in [1.82, 2.24) is 30.8 Å². The van der Waals surface area contributed by atoms with Crippen molar-refractivity contribution in [2.24, 2.45) is 29.1 Å². The molecule has 1 aliphatic heterocycles. The van der Waals surface area contributed by atoms with Crippen molar-refractivity contribution in [3.8, 4) is 16.9 Å². The first-order chi connectivity index (χ1) is 32.4. The van der Waals surface area contributed by atoms with Gasteiger partial charge in [0.05, 0.1) is 26.4 Å². The van der Waals surface area contributed by atoms with Crippen LogP contribution in [-0.2, 0) is 22.7 Å². The number of aliphatic hydroxyl groups is 2. The highest BCUT2D eigenvalue weighted by atomic mass is 16.7. The highest BCUT2D eigenvalue weighted by Crippen LogP contribution is 2.44. The summed E-state index contributed by atoms with van der Waals surface area (Å²) in [7, 11) is 10.0. The maximum atomic E-state index is 14.6. The zero-order valence-corrected chi connectivity index (χ0v) is 43.4. The van der Waals surface area contributed by atoms with Crippen LogP contribution < -0.4 is 20.7 Å². The van der Waals surface area contributed by atoms with Crippen molar-refractivity contribution in [2.75, 3.05) is 55.0 Å². The first-order valence-electron chi connectivity index (χ1n) is 26.0. The number of rotatable bonds is 22. The highest BCUT2D eigenvalue weighted by Gasteiger charge is 2.49. The molecule has 5 N–H and O–H groups in total. The Hall–Kier alpha value is -3.62. The van der Waals surface area contributed by atoms with E-state index in [0.29, 0.717) is 48.7 Å². The van der Waals surface area contributed by atoms with E-state index in [-0.39, 0.29) is 42.5 Å². The summed E-state index contributed by atoms with van der Waals surface area (Å²) in [4.78, 5) is 40.1. The Bertz CT molecular complexity index is 2010. The molecule has 0 bridgehead atoms. The summed E-state index contributed by atoms with van der Waals surface area (Å²) in [5.41, 5.74) is 5.61. The third-order valence-electron chi connectivity index (χ3n) is 15.6. The minimum absolute atomic E-state index is 0.00357. The van der Waals surface area contributed by atoms with Crippen LogP contribution in [0.1, 0.15) is 133 Å². The summed E-state index contributed by atoms with van der Waals surface area (Å²) in [6.45, 7) is 13.0. The normalized spacial score (nSPS) is 25.8. The van der Waals surface area contributed by atoms with E-state index in [2.05, 4.69) is 91.8 Å². The number of hydroxylamine groups is 2. The van der Waals surface area contributed by atoms with Gasteiger partial charge < -0.3 is 40.7 Å². The molecule has 4 aliphatic rings. The molecule has 378 valence electrons. The molecule has 3 aliphatic carbocycles. The molecule has 3 fully saturated rings. The molecule has 0 spiro atoms. The molecular formula is C56H88N6O6. The SMILES string of the molecule is COc1c(CN2O[C@@H](CO)C(C[C@H](C)O)C2C(=O)N[C@H]2C[C@@H](C)C(C)(C)C[C@@H]2C)cccc1-c1cc(CN[C@@H](CC2CCCCC2)CN(C)C)cc(C(=O)NC(CC2=CC=CCC2)CN(C)C)c1. The quantitative estimate of drug-likeness (QED) is 0.0788. The van der Waals surface area contributed by atoms with Crippen molar-refractivity contribution in [3.05, 3.63) is 76.9 Å². The largest absolute Gasteiger partial charge is 0.496 e. The number of ether oxygens (including phenoxy) is 1. The molecule has 12 nitrogen and oxygen atoms in total. The zero-order valence-electron chi connectivity index (χ0n) is 43.4. The minimum Gasteiger partial charge on any atom is -0.496 e. The Balaban J connectivity index is 1.33. The molecule has 9 atom stereocenters. The molecule has 2 amide bonds. The van der Waals surface area contributed by atoms with Crippen LogP contribution >= 0.6 is 0 Å². The number of hydrogen-bond acceptors (Lipinski definition) is 10. The fraction of sp³-hybridized carbons (Fsp3) is 0.679. The number of hydrogen-bond donors (Lipinski definition) is 5. The van der Waals surface area contributed by atoms with Crippen LogP contribution in [0.15, 0.2) is 60.2 Å². The van der Waals surface area contributed by atoms with Crippen LogP contribution in [0.3, 0.4) is 0 Å². The van der Waals surface area contributed by atoms with Crippen molar-refractivity contribution < 1.29 is 29.4 Å². The Morgan fingerprint density at radius 3 is 2.40 bits per heavy atom. The number of benzene rings is 2. The molecule has 2 aromatic carbocycles. The number of carbonyl (C=O) groups excluding carboxylic acids is 2. The van der Waals surface area contributed by atoms with Gasteiger partial charge >= 0.3 is 0 Å². The van der Waals surface area contributed by atoms with E-state index in [1.54, 1.807) is 19.1 Å². The summed E-state index contributed by atoms with van der Waals surface area (Å²) >= 11 is 0. The van der Waals surface area contributed by atoms with Crippen molar-refractivity contribution in [1.29, 1.82) is 0 Å². The van der Waals surface area contributed by atoms with E-state index >= 15 is 0 Å². The van der Waals surface area contributed by atoms with Gasteiger partial charge in [-0.15, -0.1) is 0 Å². The standard InChI is InChI=1S/C56H88N6O6/c1-37-31-56(4,5)38(2)24-50(37)59-55(66)52-49(25-39(3)64)51(36-63)68-62(52)33-43-22-17-23-48(53(43)67-10)44-26-42(32-57-46(34-60(6)7)28-40-18-13-11-14-19-40)27-45(30-44)54(65)58-47(35-61(8)9)29-41-20-15-12-16-21-41/h12,15,17,20,22-23,26-27,30,37-40,46-47,49-52,57,63-64H,11,13-14,16,18-19,21,24-25,28-29,31-36H2,1-10H3,(H,58,65)(H,59,66)/t37-,38+,39-,46-,47?,49?,50-,51-,52?/m0/s1. The Labute approximate surface area is 409 Å². The van der Waals surface area contributed by atoms with Crippen LogP contribution in [0, 0.1) is 29.1 Å². The van der Waals surface area contributed by atoms with Crippen molar-refractivity contribution in [2.45, 2.75) is 161 Å². The fourth-order valence-corrected chi connectivity index (χ4v) is 11.8. The van der Waals surface area contributed by atoms with Gasteiger partial charge in [0.1, 0.15) is 17.9 Å². The maximum Gasteiger partial charge on any atom is 0.251 e. The zero-order chi connectivity index (χ0) is 49.1. The molecular weight excluding hydrogens is 853 g/mol. The summed E-state index contributed by atoms with van der Waals surface area (Å²) in [5.74, 6) is 1.36. The number of para-hydroxylation sites is 1.